The normalized spacial score (nSPS) is 26.8. The third-order valence-corrected chi connectivity index (χ3v) is 7.44. The SMILES string of the molecule is C=C(C)c1cc(C(C)(C)C)c(O)c2c1C[C@@H]1C[C@@H]3CC(=O)C(C(C)=O)=C(O)[C@]3(O)C(=O)C1=C2O. The zero-order valence-corrected chi connectivity index (χ0v) is 20.1. The van der Waals surface area contributed by atoms with Gasteiger partial charge >= 0.3 is 0 Å². The van der Waals surface area contributed by atoms with Crippen molar-refractivity contribution >= 4 is 28.7 Å². The van der Waals surface area contributed by atoms with Gasteiger partial charge in [0, 0.05) is 23.5 Å². The van der Waals surface area contributed by atoms with Crippen LogP contribution in [0.5, 0.6) is 5.75 Å². The summed E-state index contributed by atoms with van der Waals surface area (Å²) in [5.74, 6) is -5.34. The highest BCUT2D eigenvalue weighted by atomic mass is 16.3. The lowest BCUT2D eigenvalue weighted by molar-refractivity contribution is -0.147. The largest absolute Gasteiger partial charge is 0.508 e. The molecule has 4 N–H and O–H groups in total. The maximum atomic E-state index is 13.6. The standard InChI is InChI=1S/C27H30O7/c1-11(2)15-10-17(26(4,5)6)22(30)21-16(15)8-13-7-14-9-18(29)19(12(3)28)24(32)27(14,34)25(33)20(13)23(21)31/h10,13-14,30-32,34H,1,7-9H2,2-6H3/t13-,14+,27-/m0/s1. The third-order valence-electron chi connectivity index (χ3n) is 7.44. The molecule has 3 aliphatic carbocycles. The molecule has 3 atom stereocenters. The van der Waals surface area contributed by atoms with Crippen molar-refractivity contribution in [2.75, 3.05) is 0 Å². The van der Waals surface area contributed by atoms with E-state index in [4.69, 9.17) is 0 Å². The van der Waals surface area contributed by atoms with Crippen LogP contribution in [0.25, 0.3) is 11.3 Å². The summed E-state index contributed by atoms with van der Waals surface area (Å²) in [5.41, 5.74) is -0.822. The van der Waals surface area contributed by atoms with E-state index in [9.17, 15) is 34.8 Å². The van der Waals surface area contributed by atoms with Crippen molar-refractivity contribution in [2.24, 2.45) is 11.8 Å². The molecule has 1 aromatic carbocycles. The van der Waals surface area contributed by atoms with E-state index >= 15 is 0 Å². The fourth-order valence-corrected chi connectivity index (χ4v) is 5.75. The van der Waals surface area contributed by atoms with Crippen LogP contribution in [0.1, 0.15) is 69.7 Å². The molecule has 0 aromatic heterocycles. The van der Waals surface area contributed by atoms with Crippen LogP contribution in [0.4, 0.5) is 0 Å². The first kappa shape index (κ1) is 24.0. The third kappa shape index (κ3) is 3.10. The number of ketones is 3. The Kier molecular flexibility index (Phi) is 5.22. The first-order chi connectivity index (χ1) is 15.6. The van der Waals surface area contributed by atoms with Crippen molar-refractivity contribution in [1.82, 2.24) is 0 Å². The quantitative estimate of drug-likeness (QED) is 0.487. The minimum absolute atomic E-state index is 0.107. The number of rotatable bonds is 2. The van der Waals surface area contributed by atoms with E-state index in [0.29, 0.717) is 11.1 Å². The predicted octanol–water partition coefficient (Wildman–Crippen LogP) is 3.86. The van der Waals surface area contributed by atoms with Crippen molar-refractivity contribution in [3.05, 3.63) is 51.8 Å². The molecule has 4 rings (SSSR count). The number of carbonyl (C=O) groups excluding carboxylic acids is 3. The van der Waals surface area contributed by atoms with Crippen LogP contribution in [0.15, 0.2) is 29.6 Å². The summed E-state index contributed by atoms with van der Waals surface area (Å²) < 4.78 is 0. The second-order valence-electron chi connectivity index (χ2n) is 10.8. The van der Waals surface area contributed by atoms with Gasteiger partial charge in [-0.05, 0) is 55.2 Å². The molecule has 0 radical (unpaired) electrons. The number of hydrogen-bond acceptors (Lipinski definition) is 7. The second-order valence-corrected chi connectivity index (χ2v) is 10.8. The highest BCUT2D eigenvalue weighted by Gasteiger charge is 2.60. The maximum Gasteiger partial charge on any atom is 0.202 e. The predicted molar refractivity (Wildman–Crippen MR) is 126 cm³/mol. The van der Waals surface area contributed by atoms with E-state index in [1.807, 2.05) is 33.8 Å². The number of hydrogen-bond donors (Lipinski definition) is 4. The van der Waals surface area contributed by atoms with Crippen molar-refractivity contribution in [2.45, 2.75) is 64.9 Å². The molecule has 7 nitrogen and oxygen atoms in total. The summed E-state index contributed by atoms with van der Waals surface area (Å²) in [6.07, 6.45) is 0.158. The molecule has 1 saturated carbocycles. The first-order valence-corrected chi connectivity index (χ1v) is 11.4. The average Bonchev–Trinajstić information content (AvgIpc) is 2.69. The van der Waals surface area contributed by atoms with E-state index in [2.05, 4.69) is 6.58 Å². The molecule has 3 aliphatic rings. The molecule has 0 bridgehead atoms. The van der Waals surface area contributed by atoms with Crippen molar-refractivity contribution in [3.8, 4) is 5.75 Å². The fourth-order valence-electron chi connectivity index (χ4n) is 5.75. The van der Waals surface area contributed by atoms with Gasteiger partial charge in [-0.15, -0.1) is 0 Å². The van der Waals surface area contributed by atoms with Crippen molar-refractivity contribution in [1.29, 1.82) is 0 Å². The number of aliphatic hydroxyl groups is 3. The minimum atomic E-state index is -2.49. The van der Waals surface area contributed by atoms with Crippen LogP contribution >= 0.6 is 0 Å². The smallest absolute Gasteiger partial charge is 0.202 e. The van der Waals surface area contributed by atoms with Crippen LogP contribution in [-0.2, 0) is 26.2 Å². The number of aliphatic hydroxyl groups excluding tert-OH is 2. The molecule has 34 heavy (non-hydrogen) atoms. The number of phenolic OH excluding ortho intramolecular Hbond substituents is 1. The summed E-state index contributed by atoms with van der Waals surface area (Å²) in [5, 5.41) is 44.6. The second kappa shape index (κ2) is 7.40. The Morgan fingerprint density at radius 2 is 1.74 bits per heavy atom. The Balaban J connectivity index is 2.01. The Hall–Kier alpha value is -3.19. The molecular weight excluding hydrogens is 436 g/mol. The molecule has 7 heteroatoms. The highest BCUT2D eigenvalue weighted by molar-refractivity contribution is 6.23. The van der Waals surface area contributed by atoms with Gasteiger partial charge in [0.15, 0.2) is 17.2 Å². The van der Waals surface area contributed by atoms with Crippen LogP contribution in [-0.4, -0.2) is 43.4 Å². The number of Topliss-reactive ketones (excluding diaryl/α,β-unsaturated/α-hetero) is 3. The van der Waals surface area contributed by atoms with Gasteiger partial charge in [0.25, 0.3) is 0 Å². The Morgan fingerprint density at radius 3 is 2.26 bits per heavy atom. The van der Waals surface area contributed by atoms with Gasteiger partial charge in [-0.3, -0.25) is 14.4 Å². The van der Waals surface area contributed by atoms with E-state index in [1.165, 1.54) is 0 Å². The zero-order chi connectivity index (χ0) is 25.5. The van der Waals surface area contributed by atoms with Crippen molar-refractivity contribution < 1.29 is 34.8 Å². The van der Waals surface area contributed by atoms with Crippen LogP contribution < -0.4 is 0 Å². The molecule has 0 saturated heterocycles. The van der Waals surface area contributed by atoms with Gasteiger partial charge in [-0.25, -0.2) is 0 Å². The number of phenols is 1. The molecular formula is C27H30O7. The molecule has 0 amide bonds. The number of allylic oxidation sites excluding steroid dienone is 2. The molecule has 0 heterocycles. The number of carbonyl (C=O) groups is 3. The lowest BCUT2D eigenvalue weighted by atomic mass is 9.58. The molecule has 1 fully saturated rings. The average molecular weight is 467 g/mol. The summed E-state index contributed by atoms with van der Waals surface area (Å²) >= 11 is 0. The van der Waals surface area contributed by atoms with Crippen LogP contribution in [0.3, 0.4) is 0 Å². The van der Waals surface area contributed by atoms with Gasteiger partial charge < -0.3 is 20.4 Å². The fraction of sp³-hybridized carbons (Fsp3) is 0.444. The summed E-state index contributed by atoms with van der Waals surface area (Å²) in [4.78, 5) is 38.1. The van der Waals surface area contributed by atoms with E-state index in [0.717, 1.165) is 18.1 Å². The van der Waals surface area contributed by atoms with E-state index in [1.54, 1.807) is 0 Å². The Bertz CT molecular complexity index is 1250. The summed E-state index contributed by atoms with van der Waals surface area (Å²) in [6, 6.07) is 1.85. The first-order valence-electron chi connectivity index (χ1n) is 11.4. The van der Waals surface area contributed by atoms with Gasteiger partial charge in [0.2, 0.25) is 5.78 Å². The van der Waals surface area contributed by atoms with Gasteiger partial charge in [-0.1, -0.05) is 32.9 Å². The molecule has 1 aromatic rings. The Morgan fingerprint density at radius 1 is 1.12 bits per heavy atom. The monoisotopic (exact) mass is 466 g/mol. The zero-order valence-electron chi connectivity index (χ0n) is 20.1. The molecule has 180 valence electrons. The highest BCUT2D eigenvalue weighted by Crippen LogP contribution is 2.53. The molecule has 0 aliphatic heterocycles. The summed E-state index contributed by atoms with van der Waals surface area (Å²) in [7, 11) is 0. The number of fused-ring (bicyclic) bond motifs is 3. The summed E-state index contributed by atoms with van der Waals surface area (Å²) in [6.45, 7) is 12.7. The number of benzene rings is 1. The molecule has 0 unspecified atom stereocenters. The topological polar surface area (TPSA) is 132 Å². The lowest BCUT2D eigenvalue weighted by Gasteiger charge is -2.46. The number of aromatic hydroxyl groups is 1. The molecule has 0 spiro atoms. The van der Waals surface area contributed by atoms with Crippen LogP contribution in [0, 0.1) is 11.8 Å². The van der Waals surface area contributed by atoms with E-state index in [-0.39, 0.29) is 36.1 Å². The minimum Gasteiger partial charge on any atom is -0.508 e. The van der Waals surface area contributed by atoms with E-state index < -0.39 is 57.3 Å². The van der Waals surface area contributed by atoms with Crippen LogP contribution in [0.2, 0.25) is 0 Å². The van der Waals surface area contributed by atoms with Gasteiger partial charge in [0.1, 0.15) is 22.8 Å². The maximum absolute atomic E-state index is 13.6. The van der Waals surface area contributed by atoms with Gasteiger partial charge in [-0.2, -0.15) is 0 Å². The Labute approximate surface area is 198 Å². The van der Waals surface area contributed by atoms with Gasteiger partial charge in [0.05, 0.1) is 5.56 Å². The lowest BCUT2D eigenvalue weighted by Crippen LogP contribution is -2.57. The van der Waals surface area contributed by atoms with Crippen molar-refractivity contribution in [3.63, 3.8) is 0 Å².